The Morgan fingerprint density at radius 1 is 1.05 bits per heavy atom. The van der Waals surface area contributed by atoms with Gasteiger partial charge in [-0.15, -0.1) is 0 Å². The lowest BCUT2D eigenvalue weighted by atomic mass is 10.1. The summed E-state index contributed by atoms with van der Waals surface area (Å²) in [4.78, 5) is 0.930. The van der Waals surface area contributed by atoms with Crippen LogP contribution in [0.3, 0.4) is 0 Å². The lowest BCUT2D eigenvalue weighted by molar-refractivity contribution is 0.427. The average molecular weight is 289 g/mol. The van der Waals surface area contributed by atoms with Crippen molar-refractivity contribution in [3.05, 3.63) is 42.5 Å². The zero-order valence-corrected chi connectivity index (χ0v) is 13.3. The lowest BCUT2D eigenvalue weighted by Crippen LogP contribution is -2.36. The van der Waals surface area contributed by atoms with Gasteiger partial charge in [-0.25, -0.2) is 0 Å². The van der Waals surface area contributed by atoms with Crippen molar-refractivity contribution < 1.29 is 4.21 Å². The van der Waals surface area contributed by atoms with Crippen LogP contribution in [-0.2, 0) is 10.8 Å². The number of nitrogens with one attached hydrogen (secondary N) is 1. The number of fused-ring (bicyclic) bond motifs is 1. The fourth-order valence-electron chi connectivity index (χ4n) is 2.09. The highest BCUT2D eigenvalue weighted by atomic mass is 32.2. The first-order valence-electron chi connectivity index (χ1n) is 7.08. The van der Waals surface area contributed by atoms with Crippen molar-refractivity contribution in [1.29, 1.82) is 0 Å². The standard InChI is InChI=1S/C17H23NOS/c1-17(2,3)18-11-6-12-20(19)16-10-9-14-7-4-5-8-15(14)13-16/h4-5,7-10,13,18H,6,11-12H2,1-3H3. The second-order valence-corrected chi connectivity index (χ2v) is 7.66. The fraction of sp³-hybridized carbons (Fsp3) is 0.412. The highest BCUT2D eigenvalue weighted by Crippen LogP contribution is 2.18. The van der Waals surface area contributed by atoms with Gasteiger partial charge in [-0.2, -0.15) is 0 Å². The van der Waals surface area contributed by atoms with Crippen molar-refractivity contribution in [2.75, 3.05) is 12.3 Å². The van der Waals surface area contributed by atoms with E-state index in [1.165, 1.54) is 5.39 Å². The molecule has 0 amide bonds. The van der Waals surface area contributed by atoms with Gasteiger partial charge in [0.2, 0.25) is 0 Å². The predicted molar refractivity (Wildman–Crippen MR) is 87.6 cm³/mol. The number of hydrogen-bond donors (Lipinski definition) is 1. The summed E-state index contributed by atoms with van der Waals surface area (Å²) in [5.74, 6) is 0.710. The first-order chi connectivity index (χ1) is 9.46. The molecule has 1 unspecified atom stereocenters. The molecule has 2 aromatic rings. The molecule has 0 saturated carbocycles. The molecular weight excluding hydrogens is 266 g/mol. The monoisotopic (exact) mass is 289 g/mol. The average Bonchev–Trinajstić information content (AvgIpc) is 2.42. The van der Waals surface area contributed by atoms with E-state index in [9.17, 15) is 4.21 Å². The minimum absolute atomic E-state index is 0.129. The van der Waals surface area contributed by atoms with Crippen molar-refractivity contribution in [3.63, 3.8) is 0 Å². The summed E-state index contributed by atoms with van der Waals surface area (Å²) in [7, 11) is -0.908. The first-order valence-corrected chi connectivity index (χ1v) is 8.40. The normalized spacial score (nSPS) is 13.6. The van der Waals surface area contributed by atoms with E-state index in [-0.39, 0.29) is 5.54 Å². The number of hydrogen-bond acceptors (Lipinski definition) is 2. The molecule has 0 saturated heterocycles. The fourth-order valence-corrected chi connectivity index (χ4v) is 3.21. The van der Waals surface area contributed by atoms with Crippen molar-refractivity contribution >= 4 is 21.6 Å². The summed E-state index contributed by atoms with van der Waals surface area (Å²) in [6.07, 6.45) is 0.927. The SMILES string of the molecule is CC(C)(C)NCCCS(=O)c1ccc2ccccc2c1. The minimum Gasteiger partial charge on any atom is -0.312 e. The van der Waals surface area contributed by atoms with Crippen molar-refractivity contribution in [3.8, 4) is 0 Å². The first kappa shape index (κ1) is 15.2. The Bertz CT molecular complexity index is 601. The Morgan fingerprint density at radius 2 is 1.75 bits per heavy atom. The summed E-state index contributed by atoms with van der Waals surface area (Å²) < 4.78 is 12.3. The van der Waals surface area contributed by atoms with Crippen LogP contribution in [0.25, 0.3) is 10.8 Å². The molecule has 2 rings (SSSR count). The Kier molecular flexibility index (Phi) is 4.95. The number of rotatable bonds is 5. The van der Waals surface area contributed by atoms with Crippen LogP contribution in [0.1, 0.15) is 27.2 Å². The summed E-state index contributed by atoms with van der Waals surface area (Å²) in [5.41, 5.74) is 0.129. The van der Waals surface area contributed by atoms with E-state index in [4.69, 9.17) is 0 Å². The molecule has 20 heavy (non-hydrogen) atoms. The van der Waals surface area contributed by atoms with Gasteiger partial charge in [0, 0.05) is 16.2 Å². The Balaban J connectivity index is 1.94. The van der Waals surface area contributed by atoms with E-state index in [0.717, 1.165) is 23.2 Å². The van der Waals surface area contributed by atoms with Gasteiger partial charge in [0.1, 0.15) is 0 Å². The van der Waals surface area contributed by atoms with Gasteiger partial charge in [0.25, 0.3) is 0 Å². The molecule has 3 heteroatoms. The smallest absolute Gasteiger partial charge is 0.0530 e. The van der Waals surface area contributed by atoms with Crippen molar-refractivity contribution in [2.24, 2.45) is 0 Å². The predicted octanol–water partition coefficient (Wildman–Crippen LogP) is 3.73. The zero-order valence-electron chi connectivity index (χ0n) is 12.5. The maximum absolute atomic E-state index is 12.3. The summed E-state index contributed by atoms with van der Waals surface area (Å²) >= 11 is 0. The Hall–Kier alpha value is -1.19. The highest BCUT2D eigenvalue weighted by molar-refractivity contribution is 7.85. The van der Waals surface area contributed by atoms with Gasteiger partial charge in [0.15, 0.2) is 0 Å². The van der Waals surface area contributed by atoms with Crippen LogP contribution >= 0.6 is 0 Å². The topological polar surface area (TPSA) is 29.1 Å². The maximum atomic E-state index is 12.3. The summed E-state index contributed by atoms with van der Waals surface area (Å²) in [6.45, 7) is 7.34. The summed E-state index contributed by atoms with van der Waals surface area (Å²) in [5, 5.41) is 5.78. The van der Waals surface area contributed by atoms with Gasteiger partial charge < -0.3 is 5.32 Å². The maximum Gasteiger partial charge on any atom is 0.0530 e. The molecule has 1 N–H and O–H groups in total. The van der Waals surface area contributed by atoms with Crippen molar-refractivity contribution in [1.82, 2.24) is 5.32 Å². The molecule has 0 radical (unpaired) electrons. The molecule has 0 aliphatic heterocycles. The lowest BCUT2D eigenvalue weighted by Gasteiger charge is -2.20. The van der Waals surface area contributed by atoms with Gasteiger partial charge in [-0.3, -0.25) is 4.21 Å². The third kappa shape index (κ3) is 4.43. The Morgan fingerprint density at radius 3 is 2.45 bits per heavy atom. The quantitative estimate of drug-likeness (QED) is 0.850. The van der Waals surface area contributed by atoms with Gasteiger partial charge in [-0.1, -0.05) is 30.3 Å². The highest BCUT2D eigenvalue weighted by Gasteiger charge is 2.09. The molecule has 0 aliphatic rings. The van der Waals surface area contributed by atoms with E-state index in [1.807, 2.05) is 24.3 Å². The van der Waals surface area contributed by atoms with Crippen LogP contribution in [0.5, 0.6) is 0 Å². The zero-order chi connectivity index (χ0) is 14.6. The van der Waals surface area contributed by atoms with E-state index < -0.39 is 10.8 Å². The molecule has 108 valence electrons. The van der Waals surface area contributed by atoms with E-state index in [0.29, 0.717) is 5.75 Å². The van der Waals surface area contributed by atoms with Crippen LogP contribution in [-0.4, -0.2) is 22.0 Å². The van der Waals surface area contributed by atoms with Crippen LogP contribution < -0.4 is 5.32 Å². The van der Waals surface area contributed by atoms with Gasteiger partial charge in [0.05, 0.1) is 10.8 Å². The number of benzene rings is 2. The van der Waals surface area contributed by atoms with Crippen LogP contribution in [0.15, 0.2) is 47.4 Å². The molecular formula is C17H23NOS. The molecule has 0 aliphatic carbocycles. The third-order valence-electron chi connectivity index (χ3n) is 3.15. The molecule has 2 nitrogen and oxygen atoms in total. The minimum atomic E-state index is -0.908. The van der Waals surface area contributed by atoms with Gasteiger partial charge in [-0.05, 0) is 56.6 Å². The molecule has 2 aromatic carbocycles. The van der Waals surface area contributed by atoms with Crippen LogP contribution in [0, 0.1) is 0 Å². The van der Waals surface area contributed by atoms with E-state index in [1.54, 1.807) is 0 Å². The Labute approximate surface area is 124 Å². The second-order valence-electron chi connectivity index (χ2n) is 6.09. The van der Waals surface area contributed by atoms with Gasteiger partial charge >= 0.3 is 0 Å². The van der Waals surface area contributed by atoms with Crippen molar-refractivity contribution in [2.45, 2.75) is 37.6 Å². The summed E-state index contributed by atoms with van der Waals surface area (Å²) in [6, 6.07) is 14.3. The van der Waals surface area contributed by atoms with Crippen LogP contribution in [0.4, 0.5) is 0 Å². The van der Waals surface area contributed by atoms with E-state index >= 15 is 0 Å². The molecule has 1 atom stereocenters. The molecule has 0 aromatic heterocycles. The largest absolute Gasteiger partial charge is 0.312 e. The molecule has 0 heterocycles. The third-order valence-corrected chi connectivity index (χ3v) is 4.58. The molecule has 0 bridgehead atoms. The van der Waals surface area contributed by atoms with Crippen LogP contribution in [0.2, 0.25) is 0 Å². The van der Waals surface area contributed by atoms with E-state index in [2.05, 4.69) is 44.3 Å². The molecule has 0 fully saturated rings. The second kappa shape index (κ2) is 6.51. The molecule has 0 spiro atoms.